The molecule has 1 aromatic heterocycles. The fraction of sp³-hybridized carbons (Fsp3) is 0.714. The summed E-state index contributed by atoms with van der Waals surface area (Å²) in [5.74, 6) is 1.90. The van der Waals surface area contributed by atoms with Crippen molar-refractivity contribution < 1.29 is 0 Å². The molecule has 1 aromatic rings. The molecule has 0 unspecified atom stereocenters. The number of nitrogens with zero attached hydrogens (tertiary/aromatic N) is 3. The van der Waals surface area contributed by atoms with Gasteiger partial charge < -0.3 is 5.73 Å². The SMILES string of the molecule is CC(C)Cc1nc(N)n(C)n1. The van der Waals surface area contributed by atoms with E-state index in [9.17, 15) is 0 Å². The van der Waals surface area contributed by atoms with E-state index in [0.717, 1.165) is 12.2 Å². The Morgan fingerprint density at radius 2 is 2.18 bits per heavy atom. The van der Waals surface area contributed by atoms with E-state index in [1.807, 2.05) is 0 Å². The summed E-state index contributed by atoms with van der Waals surface area (Å²) in [4.78, 5) is 4.08. The Balaban J connectivity index is 2.73. The van der Waals surface area contributed by atoms with Gasteiger partial charge in [-0.3, -0.25) is 0 Å². The van der Waals surface area contributed by atoms with Crippen LogP contribution in [-0.2, 0) is 13.5 Å². The number of hydrogen-bond acceptors (Lipinski definition) is 3. The Morgan fingerprint density at radius 1 is 1.55 bits per heavy atom. The third-order valence-corrected chi connectivity index (χ3v) is 1.43. The van der Waals surface area contributed by atoms with Crippen molar-refractivity contribution in [2.24, 2.45) is 13.0 Å². The number of nitrogens with two attached hydrogens (primary N) is 1. The minimum Gasteiger partial charge on any atom is -0.368 e. The van der Waals surface area contributed by atoms with Crippen molar-refractivity contribution in [2.45, 2.75) is 20.3 Å². The van der Waals surface area contributed by atoms with Gasteiger partial charge in [0.25, 0.3) is 0 Å². The minimum absolute atomic E-state index is 0.487. The number of nitrogen functional groups attached to an aromatic ring is 1. The van der Waals surface area contributed by atoms with Crippen LogP contribution in [0.25, 0.3) is 0 Å². The van der Waals surface area contributed by atoms with Gasteiger partial charge in [-0.2, -0.15) is 10.1 Å². The second-order valence-corrected chi connectivity index (χ2v) is 3.11. The van der Waals surface area contributed by atoms with Gasteiger partial charge in [-0.15, -0.1) is 0 Å². The van der Waals surface area contributed by atoms with Crippen molar-refractivity contribution >= 4 is 5.95 Å². The second-order valence-electron chi connectivity index (χ2n) is 3.11. The molecule has 11 heavy (non-hydrogen) atoms. The lowest BCUT2D eigenvalue weighted by atomic mass is 10.1. The first-order valence-corrected chi connectivity index (χ1v) is 3.75. The van der Waals surface area contributed by atoms with E-state index >= 15 is 0 Å². The summed E-state index contributed by atoms with van der Waals surface area (Å²) in [6, 6.07) is 0. The second kappa shape index (κ2) is 2.90. The zero-order chi connectivity index (χ0) is 8.43. The molecule has 0 aliphatic heterocycles. The Labute approximate surface area is 66.4 Å². The van der Waals surface area contributed by atoms with Gasteiger partial charge in [-0.25, -0.2) is 4.68 Å². The van der Waals surface area contributed by atoms with Crippen LogP contribution >= 0.6 is 0 Å². The number of rotatable bonds is 2. The normalized spacial score (nSPS) is 10.9. The molecule has 0 aliphatic rings. The first kappa shape index (κ1) is 8.04. The first-order valence-electron chi connectivity index (χ1n) is 3.75. The van der Waals surface area contributed by atoms with Crippen LogP contribution in [0, 0.1) is 5.92 Å². The van der Waals surface area contributed by atoms with Crippen molar-refractivity contribution in [1.29, 1.82) is 0 Å². The van der Waals surface area contributed by atoms with Crippen LogP contribution in [0.1, 0.15) is 19.7 Å². The maximum Gasteiger partial charge on any atom is 0.218 e. The van der Waals surface area contributed by atoms with Crippen LogP contribution in [0.5, 0.6) is 0 Å². The highest BCUT2D eigenvalue weighted by molar-refractivity contribution is 5.15. The summed E-state index contributed by atoms with van der Waals surface area (Å²) >= 11 is 0. The highest BCUT2D eigenvalue weighted by atomic mass is 15.4. The van der Waals surface area contributed by atoms with Crippen molar-refractivity contribution in [3.8, 4) is 0 Å². The monoisotopic (exact) mass is 154 g/mol. The zero-order valence-electron chi connectivity index (χ0n) is 7.20. The molecular formula is C7H14N4. The Hall–Kier alpha value is -1.06. The third-order valence-electron chi connectivity index (χ3n) is 1.43. The summed E-state index contributed by atoms with van der Waals surface area (Å²) in [6.45, 7) is 4.26. The molecule has 0 bridgehead atoms. The van der Waals surface area contributed by atoms with E-state index in [2.05, 4.69) is 23.9 Å². The predicted molar refractivity (Wildman–Crippen MR) is 44.0 cm³/mol. The molecule has 0 saturated heterocycles. The van der Waals surface area contributed by atoms with Gasteiger partial charge in [-0.05, 0) is 5.92 Å². The topological polar surface area (TPSA) is 56.7 Å². The fourth-order valence-electron chi connectivity index (χ4n) is 0.903. The summed E-state index contributed by atoms with van der Waals surface area (Å²) < 4.78 is 1.59. The van der Waals surface area contributed by atoms with Crippen LogP contribution in [0.2, 0.25) is 0 Å². The van der Waals surface area contributed by atoms with E-state index < -0.39 is 0 Å². The van der Waals surface area contributed by atoms with Crippen LogP contribution in [0.4, 0.5) is 5.95 Å². The summed E-state index contributed by atoms with van der Waals surface area (Å²) in [5, 5.41) is 4.13. The van der Waals surface area contributed by atoms with E-state index in [4.69, 9.17) is 5.73 Å². The first-order chi connectivity index (χ1) is 5.09. The molecule has 62 valence electrons. The van der Waals surface area contributed by atoms with Crippen LogP contribution in [0.3, 0.4) is 0 Å². The summed E-state index contributed by atoms with van der Waals surface area (Å²) in [5.41, 5.74) is 5.51. The Kier molecular flexibility index (Phi) is 2.12. The van der Waals surface area contributed by atoms with E-state index in [0.29, 0.717) is 11.9 Å². The molecule has 0 fully saturated rings. The molecule has 1 rings (SSSR count). The average Bonchev–Trinajstić information content (AvgIpc) is 2.10. The molecule has 0 amide bonds. The van der Waals surface area contributed by atoms with Crippen molar-refractivity contribution in [3.05, 3.63) is 5.82 Å². The predicted octanol–water partition coefficient (Wildman–Crippen LogP) is 0.596. The van der Waals surface area contributed by atoms with E-state index in [1.165, 1.54) is 0 Å². The van der Waals surface area contributed by atoms with Crippen molar-refractivity contribution in [3.63, 3.8) is 0 Å². The fourth-order valence-corrected chi connectivity index (χ4v) is 0.903. The lowest BCUT2D eigenvalue weighted by molar-refractivity contribution is 0.613. The number of hydrogen-bond donors (Lipinski definition) is 1. The molecule has 0 aliphatic carbocycles. The maximum atomic E-state index is 5.51. The number of anilines is 1. The van der Waals surface area contributed by atoms with Gasteiger partial charge >= 0.3 is 0 Å². The molecule has 4 nitrogen and oxygen atoms in total. The number of aromatic nitrogens is 3. The smallest absolute Gasteiger partial charge is 0.218 e. The molecule has 0 atom stereocenters. The van der Waals surface area contributed by atoms with E-state index in [1.54, 1.807) is 11.7 Å². The molecule has 0 radical (unpaired) electrons. The third kappa shape index (κ3) is 1.93. The molecular weight excluding hydrogens is 140 g/mol. The summed E-state index contributed by atoms with van der Waals surface area (Å²) in [7, 11) is 1.80. The molecule has 4 heteroatoms. The molecule has 0 spiro atoms. The van der Waals surface area contributed by atoms with Gasteiger partial charge in [0.1, 0.15) is 0 Å². The molecule has 1 heterocycles. The van der Waals surface area contributed by atoms with Crippen LogP contribution in [-0.4, -0.2) is 14.8 Å². The Bertz CT molecular complexity index is 219. The minimum atomic E-state index is 0.487. The quantitative estimate of drug-likeness (QED) is 0.678. The van der Waals surface area contributed by atoms with Crippen LogP contribution in [0.15, 0.2) is 0 Å². The van der Waals surface area contributed by atoms with Gasteiger partial charge in [0, 0.05) is 13.5 Å². The highest BCUT2D eigenvalue weighted by Crippen LogP contribution is 2.04. The molecule has 2 N–H and O–H groups in total. The maximum absolute atomic E-state index is 5.51. The van der Waals surface area contributed by atoms with Crippen molar-refractivity contribution in [2.75, 3.05) is 5.73 Å². The summed E-state index contributed by atoms with van der Waals surface area (Å²) in [6.07, 6.45) is 0.894. The average molecular weight is 154 g/mol. The largest absolute Gasteiger partial charge is 0.368 e. The van der Waals surface area contributed by atoms with Crippen molar-refractivity contribution in [1.82, 2.24) is 14.8 Å². The lowest BCUT2D eigenvalue weighted by Gasteiger charge is -1.96. The van der Waals surface area contributed by atoms with Gasteiger partial charge in [0.15, 0.2) is 5.82 Å². The van der Waals surface area contributed by atoms with Gasteiger partial charge in [0.2, 0.25) is 5.95 Å². The standard InChI is InChI=1S/C7H14N4/c1-5(2)4-6-9-7(8)11(3)10-6/h5H,4H2,1-3H3,(H2,8,9,10). The zero-order valence-corrected chi connectivity index (χ0v) is 7.20. The number of aryl methyl sites for hydroxylation is 1. The highest BCUT2D eigenvalue weighted by Gasteiger charge is 2.04. The lowest BCUT2D eigenvalue weighted by Crippen LogP contribution is -1.98. The molecule has 0 saturated carbocycles. The van der Waals surface area contributed by atoms with Crippen LogP contribution < -0.4 is 5.73 Å². The van der Waals surface area contributed by atoms with E-state index in [-0.39, 0.29) is 0 Å². The Morgan fingerprint density at radius 3 is 2.55 bits per heavy atom. The molecule has 0 aromatic carbocycles. The van der Waals surface area contributed by atoms with Gasteiger partial charge in [-0.1, -0.05) is 13.8 Å². The van der Waals surface area contributed by atoms with Gasteiger partial charge in [0.05, 0.1) is 0 Å².